The molecule has 0 bridgehead atoms. The second-order valence-corrected chi connectivity index (χ2v) is 9.99. The van der Waals surface area contributed by atoms with Crippen molar-refractivity contribution >= 4 is 29.3 Å². The van der Waals surface area contributed by atoms with Crippen molar-refractivity contribution in [2.45, 2.75) is 95.0 Å². The van der Waals surface area contributed by atoms with Crippen LogP contribution in [0.2, 0.25) is 0 Å². The van der Waals surface area contributed by atoms with Gasteiger partial charge in [0.1, 0.15) is 0 Å². The Labute approximate surface area is 196 Å². The van der Waals surface area contributed by atoms with Crippen LogP contribution in [-0.4, -0.2) is 34.7 Å². The Morgan fingerprint density at radius 2 is 1.50 bits per heavy atom. The second-order valence-electron chi connectivity index (χ2n) is 9.72. The minimum absolute atomic E-state index is 0.0192. The van der Waals surface area contributed by atoms with Crippen LogP contribution < -0.4 is 5.32 Å². The van der Waals surface area contributed by atoms with Crippen molar-refractivity contribution < 1.29 is 14.4 Å². The molecule has 0 spiro atoms. The lowest BCUT2D eigenvalue weighted by atomic mass is 9.76. The first-order valence-corrected chi connectivity index (χ1v) is 13.0. The fourth-order valence-electron chi connectivity index (χ4n) is 5.72. The predicted octanol–water partition coefficient (Wildman–Crippen LogP) is 5.20. The highest BCUT2D eigenvalue weighted by molar-refractivity contribution is 6.17. The maximum atomic E-state index is 13.7. The zero-order valence-corrected chi connectivity index (χ0v) is 19.6. The first-order valence-electron chi connectivity index (χ1n) is 12.4. The molecule has 0 aromatic heterocycles. The highest BCUT2D eigenvalue weighted by atomic mass is 35.5. The van der Waals surface area contributed by atoms with Crippen molar-refractivity contribution in [2.24, 2.45) is 11.8 Å². The normalized spacial score (nSPS) is 28.9. The Morgan fingerprint density at radius 3 is 2.19 bits per heavy atom. The first kappa shape index (κ1) is 23.3. The lowest BCUT2D eigenvalue weighted by molar-refractivity contribution is -0.170. The molecule has 4 rings (SSSR count). The van der Waals surface area contributed by atoms with E-state index in [9.17, 15) is 14.4 Å². The highest BCUT2D eigenvalue weighted by Crippen LogP contribution is 2.39. The molecular weight excluding hydrogens is 424 g/mol. The number of nitrogens with one attached hydrogen (secondary N) is 1. The van der Waals surface area contributed by atoms with Gasteiger partial charge in [0.05, 0.1) is 17.9 Å². The number of β-lactam (4-membered cyclic amide) rings is 1. The fraction of sp³-hybridized carbons (Fsp3) is 0.654. The van der Waals surface area contributed by atoms with Crippen LogP contribution in [0.4, 0.5) is 0 Å². The average molecular weight is 459 g/mol. The molecule has 1 aliphatic heterocycles. The molecule has 0 radical (unpaired) electrons. The van der Waals surface area contributed by atoms with Gasteiger partial charge in [-0.3, -0.25) is 19.3 Å². The quantitative estimate of drug-likeness (QED) is 0.383. The van der Waals surface area contributed by atoms with Crippen molar-refractivity contribution in [3.63, 3.8) is 0 Å². The van der Waals surface area contributed by atoms with Gasteiger partial charge in [-0.1, -0.05) is 63.5 Å². The van der Waals surface area contributed by atoms with E-state index in [2.05, 4.69) is 5.32 Å². The van der Waals surface area contributed by atoms with E-state index >= 15 is 0 Å². The third kappa shape index (κ3) is 5.03. The smallest absolute Gasteiger partial charge is 0.251 e. The van der Waals surface area contributed by atoms with E-state index in [0.29, 0.717) is 11.4 Å². The van der Waals surface area contributed by atoms with Crippen LogP contribution in [0.15, 0.2) is 24.3 Å². The maximum absolute atomic E-state index is 13.7. The molecule has 32 heavy (non-hydrogen) atoms. The molecule has 3 aliphatic rings. The van der Waals surface area contributed by atoms with E-state index in [1.807, 2.05) is 12.1 Å². The first-order chi connectivity index (χ1) is 15.6. The van der Waals surface area contributed by atoms with Crippen LogP contribution in [0.1, 0.15) is 93.0 Å². The average Bonchev–Trinajstić information content (AvgIpc) is 2.77. The van der Waals surface area contributed by atoms with Gasteiger partial charge >= 0.3 is 0 Å². The molecule has 2 aliphatic carbocycles. The molecule has 4 atom stereocenters. The molecule has 3 amide bonds. The van der Waals surface area contributed by atoms with Crippen LogP contribution in [0.25, 0.3) is 0 Å². The summed E-state index contributed by atoms with van der Waals surface area (Å²) in [6.07, 6.45) is 12.1. The number of nitrogens with zero attached hydrogens (tertiary/aromatic N) is 1. The van der Waals surface area contributed by atoms with Crippen LogP contribution in [0.5, 0.6) is 0 Å². The van der Waals surface area contributed by atoms with E-state index in [0.717, 1.165) is 69.8 Å². The zero-order valence-electron chi connectivity index (χ0n) is 18.9. The van der Waals surface area contributed by atoms with Crippen LogP contribution >= 0.6 is 11.6 Å². The molecular formula is C26H35ClN2O3. The summed E-state index contributed by atoms with van der Waals surface area (Å²) >= 11 is 5.86. The van der Waals surface area contributed by atoms with Gasteiger partial charge in [0.25, 0.3) is 5.91 Å². The van der Waals surface area contributed by atoms with Gasteiger partial charge in [-0.05, 0) is 43.4 Å². The number of hydrogen-bond acceptors (Lipinski definition) is 3. The molecule has 0 unspecified atom stereocenters. The number of rotatable bonds is 4. The van der Waals surface area contributed by atoms with Crippen molar-refractivity contribution in [1.29, 1.82) is 0 Å². The molecule has 1 heterocycles. The van der Waals surface area contributed by atoms with Crippen molar-refractivity contribution in [3.8, 4) is 0 Å². The summed E-state index contributed by atoms with van der Waals surface area (Å²) in [4.78, 5) is 41.1. The van der Waals surface area contributed by atoms with Crippen LogP contribution in [-0.2, 0) is 15.5 Å². The number of amides is 3. The van der Waals surface area contributed by atoms with Gasteiger partial charge in [0.15, 0.2) is 0 Å². The van der Waals surface area contributed by atoms with Gasteiger partial charge in [-0.2, -0.15) is 0 Å². The van der Waals surface area contributed by atoms with Gasteiger partial charge in [0, 0.05) is 17.5 Å². The Kier molecular flexibility index (Phi) is 7.88. The number of alkyl halides is 1. The van der Waals surface area contributed by atoms with Crippen molar-refractivity contribution in [3.05, 3.63) is 35.4 Å². The molecule has 6 heteroatoms. The van der Waals surface area contributed by atoms with E-state index in [1.54, 1.807) is 17.0 Å². The monoisotopic (exact) mass is 458 g/mol. The number of benzene rings is 1. The molecule has 1 aromatic rings. The second kappa shape index (κ2) is 10.8. The van der Waals surface area contributed by atoms with Crippen LogP contribution in [0.3, 0.4) is 0 Å². The number of likely N-dealkylation sites (tertiary alicyclic amines) is 1. The third-order valence-electron chi connectivity index (χ3n) is 7.62. The number of fused-ring (bicyclic) bond motifs is 1. The minimum atomic E-state index is -0.322. The summed E-state index contributed by atoms with van der Waals surface area (Å²) in [5.41, 5.74) is 1.54. The van der Waals surface area contributed by atoms with E-state index < -0.39 is 0 Å². The molecule has 5 nitrogen and oxygen atoms in total. The molecule has 1 aromatic carbocycles. The predicted molar refractivity (Wildman–Crippen MR) is 125 cm³/mol. The Balaban J connectivity index is 1.49. The summed E-state index contributed by atoms with van der Waals surface area (Å²) in [5.74, 6) is -0.0777. The lowest BCUT2D eigenvalue weighted by Crippen LogP contribution is -2.65. The van der Waals surface area contributed by atoms with Crippen LogP contribution in [0, 0.1) is 11.8 Å². The molecule has 1 saturated heterocycles. The van der Waals surface area contributed by atoms with E-state index in [1.165, 1.54) is 12.8 Å². The minimum Gasteiger partial charge on any atom is -0.349 e. The van der Waals surface area contributed by atoms with Gasteiger partial charge in [-0.15, -0.1) is 11.6 Å². The zero-order chi connectivity index (χ0) is 22.5. The summed E-state index contributed by atoms with van der Waals surface area (Å²) in [6.45, 7) is 0. The number of imide groups is 1. The summed E-state index contributed by atoms with van der Waals surface area (Å²) in [7, 11) is 0. The SMILES string of the molecule is O=C(N[C@H]1CCCCCC[C@H]1C(=O)N1C(=O)[C@@H]2CCCCCC[C@@H]21)c1ccc(CCl)cc1. The van der Waals surface area contributed by atoms with Gasteiger partial charge in [0.2, 0.25) is 11.8 Å². The number of halogens is 1. The van der Waals surface area contributed by atoms with E-state index in [-0.39, 0.29) is 41.6 Å². The van der Waals surface area contributed by atoms with Crippen molar-refractivity contribution in [1.82, 2.24) is 10.2 Å². The summed E-state index contributed by atoms with van der Waals surface area (Å²) in [5, 5.41) is 3.15. The Morgan fingerprint density at radius 1 is 0.875 bits per heavy atom. The standard InChI is InChI=1S/C26H35ClN2O3/c27-17-18-13-15-19(16-14-18)24(30)28-22-11-7-3-1-5-9-20(22)25(31)29-23-12-8-4-2-6-10-21(23)26(29)32/h13-16,20-23H,1-12,17H2,(H,28,30)/t20-,21-,22+,23+/m1/s1. The van der Waals surface area contributed by atoms with Gasteiger partial charge in [-0.25, -0.2) is 0 Å². The molecule has 3 fully saturated rings. The number of hydrogen-bond donors (Lipinski definition) is 1. The number of carbonyl (C=O) groups excluding carboxylic acids is 3. The molecule has 174 valence electrons. The number of carbonyl (C=O) groups is 3. The largest absolute Gasteiger partial charge is 0.349 e. The fourth-order valence-corrected chi connectivity index (χ4v) is 5.90. The third-order valence-corrected chi connectivity index (χ3v) is 7.93. The highest BCUT2D eigenvalue weighted by Gasteiger charge is 2.51. The molecule has 1 N–H and O–H groups in total. The van der Waals surface area contributed by atoms with E-state index in [4.69, 9.17) is 11.6 Å². The topological polar surface area (TPSA) is 66.5 Å². The summed E-state index contributed by atoms with van der Waals surface area (Å²) < 4.78 is 0. The Bertz CT molecular complexity index is 825. The molecule has 2 saturated carbocycles. The maximum Gasteiger partial charge on any atom is 0.251 e. The Hall–Kier alpha value is -1.88. The van der Waals surface area contributed by atoms with Crippen molar-refractivity contribution in [2.75, 3.05) is 0 Å². The summed E-state index contributed by atoms with van der Waals surface area (Å²) in [6, 6.07) is 7.12. The van der Waals surface area contributed by atoms with Gasteiger partial charge < -0.3 is 5.32 Å². The lowest BCUT2D eigenvalue weighted by Gasteiger charge is -2.48.